The van der Waals surface area contributed by atoms with Gasteiger partial charge in [0.25, 0.3) is 0 Å². The van der Waals surface area contributed by atoms with E-state index in [1.165, 1.54) is 11.1 Å². The van der Waals surface area contributed by atoms with Gasteiger partial charge in [-0.15, -0.1) is 0 Å². The van der Waals surface area contributed by atoms with Crippen LogP contribution in [-0.2, 0) is 13.5 Å². The van der Waals surface area contributed by atoms with Crippen molar-refractivity contribution < 1.29 is 5.11 Å². The molecule has 5 heteroatoms. The molecule has 5 nitrogen and oxygen atoms in total. The van der Waals surface area contributed by atoms with Crippen LogP contribution < -0.4 is 0 Å². The number of fused-ring (bicyclic) bond motifs is 4. The van der Waals surface area contributed by atoms with Crippen LogP contribution in [0.25, 0.3) is 11.3 Å². The van der Waals surface area contributed by atoms with E-state index >= 15 is 0 Å². The van der Waals surface area contributed by atoms with Crippen LogP contribution in [0.2, 0.25) is 0 Å². The van der Waals surface area contributed by atoms with E-state index in [1.54, 1.807) is 0 Å². The van der Waals surface area contributed by atoms with Crippen molar-refractivity contribution in [3.05, 3.63) is 59.8 Å². The first-order valence-corrected chi connectivity index (χ1v) is 8.46. The molecule has 1 N–H and O–H groups in total. The Hall–Kier alpha value is -2.40. The summed E-state index contributed by atoms with van der Waals surface area (Å²) in [6, 6.07) is 8.61. The molecule has 5 rings (SSSR count). The predicted molar refractivity (Wildman–Crippen MR) is 90.3 cm³/mol. The minimum absolute atomic E-state index is 0.110. The van der Waals surface area contributed by atoms with E-state index in [0.717, 1.165) is 23.4 Å². The number of nitrogens with zero attached hydrogens (tertiary/aromatic N) is 4. The summed E-state index contributed by atoms with van der Waals surface area (Å²) in [5.41, 5.74) is 5.68. The van der Waals surface area contributed by atoms with Gasteiger partial charge in [-0.25, -0.2) is 4.98 Å². The molecule has 2 aliphatic rings. The van der Waals surface area contributed by atoms with Gasteiger partial charge in [-0.1, -0.05) is 31.2 Å². The Bertz CT molecular complexity index is 925. The Labute approximate surface area is 140 Å². The molecule has 1 aromatic carbocycles. The zero-order chi connectivity index (χ0) is 16.4. The summed E-state index contributed by atoms with van der Waals surface area (Å²) in [6.07, 6.45) is 6.19. The summed E-state index contributed by atoms with van der Waals surface area (Å²) in [5, 5.41) is 15.7. The molecule has 0 unspecified atom stereocenters. The van der Waals surface area contributed by atoms with E-state index in [4.69, 9.17) is 0 Å². The number of aryl methyl sites for hydroxylation is 1. The molecule has 1 aliphatic heterocycles. The quantitative estimate of drug-likeness (QED) is 0.750. The molecule has 24 heavy (non-hydrogen) atoms. The van der Waals surface area contributed by atoms with Gasteiger partial charge >= 0.3 is 0 Å². The molecule has 0 fully saturated rings. The van der Waals surface area contributed by atoms with E-state index in [0.29, 0.717) is 5.92 Å². The number of aromatic nitrogens is 4. The lowest BCUT2D eigenvalue weighted by molar-refractivity contribution is 0.0417. The van der Waals surface area contributed by atoms with Crippen LogP contribution >= 0.6 is 0 Å². The van der Waals surface area contributed by atoms with Gasteiger partial charge in [-0.05, 0) is 17.9 Å². The SMILES string of the molecule is C[C@H]1Cc2nn(C)cc2[C@H](O)[C@H]1[C@H]1c2ccccc2-c2cncn21. The van der Waals surface area contributed by atoms with Gasteiger partial charge in [-0.2, -0.15) is 5.10 Å². The Morgan fingerprint density at radius 1 is 1.21 bits per heavy atom. The minimum Gasteiger partial charge on any atom is -0.388 e. The molecule has 4 atom stereocenters. The van der Waals surface area contributed by atoms with Crippen LogP contribution in [0.5, 0.6) is 0 Å². The van der Waals surface area contributed by atoms with Gasteiger partial charge in [0.2, 0.25) is 0 Å². The number of hydrogen-bond acceptors (Lipinski definition) is 3. The fourth-order valence-electron chi connectivity index (χ4n) is 4.67. The molecule has 122 valence electrons. The number of hydrogen-bond donors (Lipinski definition) is 1. The second-order valence-electron chi connectivity index (χ2n) is 7.13. The van der Waals surface area contributed by atoms with Crippen molar-refractivity contribution in [2.75, 3.05) is 0 Å². The van der Waals surface area contributed by atoms with Crippen molar-refractivity contribution in [1.82, 2.24) is 19.3 Å². The average Bonchev–Trinajstić information content (AvgIpc) is 3.23. The summed E-state index contributed by atoms with van der Waals surface area (Å²) in [5.74, 6) is 0.451. The summed E-state index contributed by atoms with van der Waals surface area (Å²) in [7, 11) is 1.92. The van der Waals surface area contributed by atoms with Gasteiger partial charge in [0.05, 0.1) is 36.1 Å². The third-order valence-electron chi connectivity index (χ3n) is 5.68. The summed E-state index contributed by atoms with van der Waals surface area (Å²) >= 11 is 0. The lowest BCUT2D eigenvalue weighted by Gasteiger charge is -2.38. The van der Waals surface area contributed by atoms with E-state index < -0.39 is 6.10 Å². The molecule has 0 saturated carbocycles. The fraction of sp³-hybridized carbons (Fsp3) is 0.368. The minimum atomic E-state index is -0.510. The third-order valence-corrected chi connectivity index (χ3v) is 5.68. The van der Waals surface area contributed by atoms with E-state index in [-0.39, 0.29) is 12.0 Å². The van der Waals surface area contributed by atoms with E-state index in [2.05, 4.69) is 45.8 Å². The maximum Gasteiger partial charge on any atom is 0.0956 e. The Morgan fingerprint density at radius 3 is 2.92 bits per heavy atom. The second-order valence-corrected chi connectivity index (χ2v) is 7.13. The Morgan fingerprint density at radius 2 is 2.04 bits per heavy atom. The monoisotopic (exact) mass is 320 g/mol. The first kappa shape index (κ1) is 14.0. The predicted octanol–water partition coefficient (Wildman–Crippen LogP) is 2.73. The van der Waals surface area contributed by atoms with Crippen LogP contribution in [0.3, 0.4) is 0 Å². The van der Waals surface area contributed by atoms with Crippen molar-refractivity contribution in [2.45, 2.75) is 25.5 Å². The second kappa shape index (κ2) is 4.80. The lowest BCUT2D eigenvalue weighted by atomic mass is 9.72. The maximum absolute atomic E-state index is 11.2. The normalized spacial score (nSPS) is 27.6. The first-order chi connectivity index (χ1) is 11.6. The van der Waals surface area contributed by atoms with E-state index in [1.807, 2.05) is 30.5 Å². The highest BCUT2D eigenvalue weighted by molar-refractivity contribution is 5.69. The smallest absolute Gasteiger partial charge is 0.0956 e. The van der Waals surface area contributed by atoms with Crippen molar-refractivity contribution >= 4 is 0 Å². The average molecular weight is 320 g/mol. The Kier molecular flexibility index (Phi) is 2.80. The molecule has 3 aromatic rings. The molecule has 0 bridgehead atoms. The maximum atomic E-state index is 11.2. The molecule has 0 radical (unpaired) electrons. The number of benzene rings is 1. The Balaban J connectivity index is 1.67. The summed E-state index contributed by atoms with van der Waals surface area (Å²) in [4.78, 5) is 4.35. The molecule has 1 aliphatic carbocycles. The van der Waals surface area contributed by atoms with Crippen LogP contribution in [0.15, 0.2) is 43.0 Å². The summed E-state index contributed by atoms with van der Waals surface area (Å²) < 4.78 is 4.05. The summed E-state index contributed by atoms with van der Waals surface area (Å²) in [6.45, 7) is 2.23. The molecule has 2 aromatic heterocycles. The fourth-order valence-corrected chi connectivity index (χ4v) is 4.67. The van der Waals surface area contributed by atoms with Crippen LogP contribution in [0.4, 0.5) is 0 Å². The number of aliphatic hydroxyl groups is 1. The number of rotatable bonds is 1. The number of imidazole rings is 1. The van der Waals surface area contributed by atoms with Crippen LogP contribution in [0.1, 0.15) is 35.9 Å². The van der Waals surface area contributed by atoms with Crippen molar-refractivity contribution in [1.29, 1.82) is 0 Å². The largest absolute Gasteiger partial charge is 0.388 e. The number of aliphatic hydroxyl groups excluding tert-OH is 1. The third kappa shape index (κ3) is 1.73. The van der Waals surface area contributed by atoms with Crippen molar-refractivity contribution in [2.24, 2.45) is 18.9 Å². The molecule has 0 amide bonds. The molecule has 3 heterocycles. The lowest BCUT2D eigenvalue weighted by Crippen LogP contribution is -2.34. The highest BCUT2D eigenvalue weighted by atomic mass is 16.3. The van der Waals surface area contributed by atoms with Gasteiger partial charge in [0, 0.05) is 30.3 Å². The molecule has 0 saturated heterocycles. The van der Waals surface area contributed by atoms with Gasteiger partial charge < -0.3 is 9.67 Å². The molecular weight excluding hydrogens is 300 g/mol. The van der Waals surface area contributed by atoms with Crippen LogP contribution in [-0.4, -0.2) is 24.4 Å². The first-order valence-electron chi connectivity index (χ1n) is 8.46. The van der Waals surface area contributed by atoms with Crippen molar-refractivity contribution in [3.63, 3.8) is 0 Å². The van der Waals surface area contributed by atoms with Crippen LogP contribution in [0, 0.1) is 11.8 Å². The van der Waals surface area contributed by atoms with Gasteiger partial charge in [0.1, 0.15) is 0 Å². The van der Waals surface area contributed by atoms with Crippen molar-refractivity contribution in [3.8, 4) is 11.3 Å². The highest BCUT2D eigenvalue weighted by Crippen LogP contribution is 2.51. The topological polar surface area (TPSA) is 55.9 Å². The molecule has 0 spiro atoms. The highest BCUT2D eigenvalue weighted by Gasteiger charge is 2.44. The van der Waals surface area contributed by atoms with Gasteiger partial charge in [-0.3, -0.25) is 4.68 Å². The van der Waals surface area contributed by atoms with Gasteiger partial charge in [0.15, 0.2) is 0 Å². The molecular formula is C19H20N4O. The standard InChI is InChI=1S/C19H20N4O/c1-11-7-15-14(9-22(2)21-15)19(24)17(11)18-13-6-4-3-5-12(13)16-8-20-10-23(16)18/h3-6,8-11,17-19,24H,7H2,1-2H3/t11-,17+,18+,19-/m0/s1. The zero-order valence-electron chi connectivity index (χ0n) is 13.8. The zero-order valence-corrected chi connectivity index (χ0v) is 13.8. The van der Waals surface area contributed by atoms with E-state index in [9.17, 15) is 5.11 Å².